The number of carboxylic acid groups (broad SMARTS) is 1. The molecule has 1 aromatic heterocycles. The Morgan fingerprint density at radius 1 is 1.29 bits per heavy atom. The first-order chi connectivity index (χ1) is 14.6. The predicted octanol–water partition coefficient (Wildman–Crippen LogP) is 3.83. The number of aromatic nitrogens is 3. The summed E-state index contributed by atoms with van der Waals surface area (Å²) in [7, 11) is 0. The molecule has 31 heavy (non-hydrogen) atoms. The zero-order chi connectivity index (χ0) is 22.8. The number of hydrogen-bond acceptors (Lipinski definition) is 5. The van der Waals surface area contributed by atoms with Gasteiger partial charge in [-0.05, 0) is 30.5 Å². The number of rotatable bonds is 8. The van der Waals surface area contributed by atoms with Crippen molar-refractivity contribution >= 4 is 23.8 Å². The summed E-state index contributed by atoms with van der Waals surface area (Å²) >= 11 is 6.08. The number of alkyl halides is 4. The number of alkyl carbamates (subject to hydrolysis) is 1. The number of amides is 2. The quantitative estimate of drug-likeness (QED) is 0.510. The molecule has 14 heteroatoms. The van der Waals surface area contributed by atoms with E-state index in [9.17, 15) is 27.2 Å². The van der Waals surface area contributed by atoms with Crippen LogP contribution in [0.15, 0.2) is 24.5 Å². The molecule has 1 aliphatic rings. The van der Waals surface area contributed by atoms with Crippen molar-refractivity contribution in [1.29, 1.82) is 0 Å². The number of nitrogens with one attached hydrogen (secondary N) is 2. The molecule has 1 unspecified atom stereocenters. The second kappa shape index (κ2) is 8.96. The maximum atomic E-state index is 13.1. The molecule has 0 saturated heterocycles. The van der Waals surface area contributed by atoms with Crippen molar-refractivity contribution in [3.8, 4) is 11.4 Å². The number of halogens is 5. The minimum absolute atomic E-state index is 0.0354. The standard InChI is InChI=1S/C17H16ClF4N5O4/c18-10-2-1-8(5-9(10)12-23-7-24-27(12)14(21)22)11(25-15(28)29)6-31-16(30)26-17(3-4-17)13(19)20/h1-2,5,7,11,13-14,25H,3-4,6H2,(H,26,30)(H,28,29). The minimum Gasteiger partial charge on any atom is -0.465 e. The zero-order valence-electron chi connectivity index (χ0n) is 15.6. The summed E-state index contributed by atoms with van der Waals surface area (Å²) in [5.74, 6) is -0.262. The Kier molecular flexibility index (Phi) is 6.53. The van der Waals surface area contributed by atoms with Crippen molar-refractivity contribution in [1.82, 2.24) is 25.4 Å². The lowest BCUT2D eigenvalue weighted by molar-refractivity contribution is 0.0582. The summed E-state index contributed by atoms with van der Waals surface area (Å²) in [6.07, 6.45) is -4.26. The number of nitrogens with zero attached hydrogens (tertiary/aromatic N) is 3. The van der Waals surface area contributed by atoms with Crippen molar-refractivity contribution < 1.29 is 37.0 Å². The normalized spacial score (nSPS) is 15.6. The Labute approximate surface area is 177 Å². The van der Waals surface area contributed by atoms with Gasteiger partial charge in [-0.2, -0.15) is 18.6 Å². The van der Waals surface area contributed by atoms with Crippen molar-refractivity contribution in [3.05, 3.63) is 35.1 Å². The van der Waals surface area contributed by atoms with E-state index in [1.54, 1.807) is 0 Å². The van der Waals surface area contributed by atoms with Crippen LogP contribution in [0.2, 0.25) is 5.02 Å². The SMILES string of the molecule is O=C(O)NC(COC(=O)NC1(C(F)F)CC1)c1ccc(Cl)c(-c2ncnn2C(F)F)c1. The molecule has 1 aromatic carbocycles. The van der Waals surface area contributed by atoms with Gasteiger partial charge in [-0.15, -0.1) is 0 Å². The third kappa shape index (κ3) is 5.16. The Hall–Kier alpha value is -3.09. The third-order valence-electron chi connectivity index (χ3n) is 4.63. The zero-order valence-corrected chi connectivity index (χ0v) is 16.3. The van der Waals surface area contributed by atoms with Crippen LogP contribution in [0.1, 0.15) is 31.0 Å². The second-order valence-corrected chi connectivity index (χ2v) is 7.13. The Bertz CT molecular complexity index is 970. The fourth-order valence-electron chi connectivity index (χ4n) is 2.82. The minimum atomic E-state index is -3.00. The third-order valence-corrected chi connectivity index (χ3v) is 4.96. The van der Waals surface area contributed by atoms with E-state index >= 15 is 0 Å². The number of ether oxygens (including phenoxy) is 1. The molecule has 2 amide bonds. The molecular formula is C17H16ClF4N5O4. The molecule has 2 aromatic rings. The first-order valence-corrected chi connectivity index (χ1v) is 9.21. The lowest BCUT2D eigenvalue weighted by Gasteiger charge is -2.21. The Balaban J connectivity index is 1.80. The highest BCUT2D eigenvalue weighted by atomic mass is 35.5. The number of benzene rings is 1. The van der Waals surface area contributed by atoms with Crippen molar-refractivity contribution in [2.45, 2.75) is 37.4 Å². The van der Waals surface area contributed by atoms with Crippen molar-refractivity contribution in [2.75, 3.05) is 6.61 Å². The van der Waals surface area contributed by atoms with Gasteiger partial charge in [-0.3, -0.25) is 0 Å². The van der Waals surface area contributed by atoms with E-state index in [0.29, 0.717) is 4.68 Å². The lowest BCUT2D eigenvalue weighted by atomic mass is 10.0. The van der Waals surface area contributed by atoms with E-state index in [1.807, 2.05) is 0 Å². The molecule has 9 nitrogen and oxygen atoms in total. The second-order valence-electron chi connectivity index (χ2n) is 6.73. The van der Waals surface area contributed by atoms with Crippen LogP contribution in [0.3, 0.4) is 0 Å². The predicted molar refractivity (Wildman–Crippen MR) is 98.1 cm³/mol. The summed E-state index contributed by atoms with van der Waals surface area (Å²) in [6.45, 7) is -3.55. The molecule has 0 radical (unpaired) electrons. The molecule has 1 fully saturated rings. The maximum absolute atomic E-state index is 13.1. The highest BCUT2D eigenvalue weighted by Crippen LogP contribution is 2.41. The Morgan fingerprint density at radius 3 is 2.58 bits per heavy atom. The van der Waals surface area contributed by atoms with Crippen LogP contribution in [0.25, 0.3) is 11.4 Å². The van der Waals surface area contributed by atoms with Gasteiger partial charge in [0, 0.05) is 5.56 Å². The fraction of sp³-hybridized carbons (Fsp3) is 0.412. The lowest BCUT2D eigenvalue weighted by Crippen LogP contribution is -2.43. The molecule has 3 N–H and O–H groups in total. The highest BCUT2D eigenvalue weighted by molar-refractivity contribution is 6.33. The molecule has 168 valence electrons. The first-order valence-electron chi connectivity index (χ1n) is 8.83. The number of hydrogen-bond donors (Lipinski definition) is 3. The van der Waals surface area contributed by atoms with Gasteiger partial charge < -0.3 is 20.5 Å². The molecule has 0 aliphatic heterocycles. The van der Waals surface area contributed by atoms with Gasteiger partial charge in [-0.25, -0.2) is 23.4 Å². The smallest absolute Gasteiger partial charge is 0.407 e. The molecule has 0 spiro atoms. The number of carbonyl (C=O) groups is 2. The van der Waals surface area contributed by atoms with Gasteiger partial charge in [0.05, 0.1) is 11.1 Å². The summed E-state index contributed by atoms with van der Waals surface area (Å²) < 4.78 is 57.4. The van der Waals surface area contributed by atoms with Gasteiger partial charge in [0.2, 0.25) is 0 Å². The average molecular weight is 466 g/mol. The van der Waals surface area contributed by atoms with E-state index in [2.05, 4.69) is 20.7 Å². The van der Waals surface area contributed by atoms with Crippen molar-refractivity contribution in [3.63, 3.8) is 0 Å². The van der Waals surface area contributed by atoms with Crippen LogP contribution >= 0.6 is 11.6 Å². The van der Waals surface area contributed by atoms with Crippen molar-refractivity contribution in [2.24, 2.45) is 0 Å². The molecule has 1 heterocycles. The summed E-state index contributed by atoms with van der Waals surface area (Å²) in [6, 6.07) is 2.85. The molecule has 1 saturated carbocycles. The molecule has 1 aliphatic carbocycles. The van der Waals surface area contributed by atoms with Crippen LogP contribution in [0.4, 0.5) is 27.2 Å². The first kappa shape index (κ1) is 22.6. The number of carbonyl (C=O) groups excluding carboxylic acids is 1. The summed E-state index contributed by atoms with van der Waals surface area (Å²) in [5, 5.41) is 16.7. The Morgan fingerprint density at radius 2 is 2.00 bits per heavy atom. The largest absolute Gasteiger partial charge is 0.465 e. The topological polar surface area (TPSA) is 118 Å². The van der Waals surface area contributed by atoms with E-state index in [0.717, 1.165) is 6.33 Å². The monoisotopic (exact) mass is 465 g/mol. The van der Waals surface area contributed by atoms with Crippen LogP contribution < -0.4 is 10.6 Å². The van der Waals surface area contributed by atoms with E-state index in [-0.39, 0.29) is 34.8 Å². The molecular weight excluding hydrogens is 450 g/mol. The fourth-order valence-corrected chi connectivity index (χ4v) is 3.02. The van der Waals surface area contributed by atoms with Crippen LogP contribution in [-0.4, -0.2) is 50.6 Å². The molecule has 0 bridgehead atoms. The van der Waals surface area contributed by atoms with Gasteiger partial charge in [0.1, 0.15) is 18.5 Å². The van der Waals surface area contributed by atoms with E-state index in [4.69, 9.17) is 21.4 Å². The molecule has 1 atom stereocenters. The van der Waals surface area contributed by atoms with Crippen LogP contribution in [0, 0.1) is 0 Å². The van der Waals surface area contributed by atoms with Crippen LogP contribution in [0.5, 0.6) is 0 Å². The maximum Gasteiger partial charge on any atom is 0.407 e. The van der Waals surface area contributed by atoms with E-state index in [1.165, 1.54) is 18.2 Å². The van der Waals surface area contributed by atoms with Crippen LogP contribution in [-0.2, 0) is 4.74 Å². The van der Waals surface area contributed by atoms with Gasteiger partial charge >= 0.3 is 18.7 Å². The highest BCUT2D eigenvalue weighted by Gasteiger charge is 2.52. The average Bonchev–Trinajstić information content (AvgIpc) is 3.31. The van der Waals surface area contributed by atoms with Gasteiger partial charge in [-0.1, -0.05) is 17.7 Å². The van der Waals surface area contributed by atoms with Gasteiger partial charge in [0.25, 0.3) is 6.43 Å². The van der Waals surface area contributed by atoms with Gasteiger partial charge in [0.15, 0.2) is 5.82 Å². The molecule has 3 rings (SSSR count). The van der Waals surface area contributed by atoms with E-state index < -0.39 is 43.3 Å². The summed E-state index contributed by atoms with van der Waals surface area (Å²) in [5.41, 5.74) is -1.39. The summed E-state index contributed by atoms with van der Waals surface area (Å²) in [4.78, 5) is 26.8.